The van der Waals surface area contributed by atoms with Crippen molar-refractivity contribution in [3.63, 3.8) is 0 Å². The monoisotopic (exact) mass is 675 g/mol. The van der Waals surface area contributed by atoms with Crippen LogP contribution >= 0.6 is 0 Å². The maximum absolute atomic E-state index is 7.66. The van der Waals surface area contributed by atoms with E-state index in [0.717, 1.165) is 50.1 Å². The van der Waals surface area contributed by atoms with Crippen LogP contribution in [0.25, 0.3) is 98.6 Å². The van der Waals surface area contributed by atoms with Crippen LogP contribution < -0.4 is 0 Å². The Bertz CT molecular complexity index is 3040. The Morgan fingerprint density at radius 2 is 0.830 bits per heavy atom. The van der Waals surface area contributed by atoms with Gasteiger partial charge in [0.25, 0.3) is 0 Å². The second kappa shape index (κ2) is 11.3. The van der Waals surface area contributed by atoms with Crippen LogP contribution in [0.2, 0.25) is 0 Å². The first-order valence-corrected chi connectivity index (χ1v) is 17.8. The zero-order chi connectivity index (χ0) is 35.0. The summed E-state index contributed by atoms with van der Waals surface area (Å²) in [6, 6.07) is 60.3. The summed E-state index contributed by atoms with van der Waals surface area (Å²) in [5.74, 6) is 0. The molecule has 0 N–H and O–H groups in total. The van der Waals surface area contributed by atoms with Gasteiger partial charge in [0.15, 0.2) is 5.69 Å². The molecule has 7 aromatic carbocycles. The molecule has 5 heteroatoms. The average molecular weight is 676 g/mol. The molecule has 4 heterocycles. The third-order valence-electron chi connectivity index (χ3n) is 10.7. The van der Waals surface area contributed by atoms with E-state index in [0.29, 0.717) is 5.69 Å². The van der Waals surface area contributed by atoms with Crippen molar-refractivity contribution in [1.82, 2.24) is 18.7 Å². The van der Waals surface area contributed by atoms with Crippen molar-refractivity contribution >= 4 is 71.1 Å². The largest absolute Gasteiger partial charge is 0.309 e. The van der Waals surface area contributed by atoms with Gasteiger partial charge in [-0.2, -0.15) is 0 Å². The van der Waals surface area contributed by atoms with Gasteiger partial charge in [0.1, 0.15) is 0 Å². The van der Waals surface area contributed by atoms with Gasteiger partial charge in [-0.05, 0) is 78.9 Å². The Morgan fingerprint density at radius 1 is 0.396 bits per heavy atom. The van der Waals surface area contributed by atoms with Crippen LogP contribution in [0.3, 0.4) is 0 Å². The van der Waals surface area contributed by atoms with Crippen molar-refractivity contribution in [3.8, 4) is 28.3 Å². The van der Waals surface area contributed by atoms with Crippen LogP contribution in [0, 0.1) is 6.57 Å². The molecule has 0 atom stereocenters. The minimum absolute atomic E-state index is 0.568. The van der Waals surface area contributed by atoms with Crippen molar-refractivity contribution in [2.45, 2.75) is 0 Å². The molecule has 11 aromatic rings. The maximum atomic E-state index is 7.66. The Hall–Kier alpha value is -7.42. The van der Waals surface area contributed by atoms with Gasteiger partial charge in [-0.3, -0.25) is 4.98 Å². The van der Waals surface area contributed by atoms with E-state index in [-0.39, 0.29) is 0 Å². The molecule has 246 valence electrons. The smallest absolute Gasteiger partial charge is 0.190 e. The average Bonchev–Trinajstić information content (AvgIpc) is 3.86. The van der Waals surface area contributed by atoms with E-state index in [1.54, 1.807) is 12.3 Å². The standard InChI is InChI=1S/C48H29N5/c1-49-31-26-27-50-41(28-31)38-16-6-11-21-46(38)53-47-24-22-32(51-42-17-7-2-12-34(42)35-13-3-8-18-43(35)51)29-39(47)40-30-33(23-25-48(40)53)52-44-19-9-4-14-36(44)37-15-5-10-20-45(37)52/h2-30H. The second-order valence-electron chi connectivity index (χ2n) is 13.5. The zero-order valence-corrected chi connectivity index (χ0v) is 28.5. The van der Waals surface area contributed by atoms with Crippen LogP contribution in [0.5, 0.6) is 0 Å². The van der Waals surface area contributed by atoms with Crippen molar-refractivity contribution in [2.24, 2.45) is 0 Å². The summed E-state index contributed by atoms with van der Waals surface area (Å²) in [7, 11) is 0. The lowest BCUT2D eigenvalue weighted by Gasteiger charge is -2.14. The Morgan fingerprint density at radius 3 is 1.32 bits per heavy atom. The van der Waals surface area contributed by atoms with Gasteiger partial charge >= 0.3 is 0 Å². The fourth-order valence-corrected chi connectivity index (χ4v) is 8.46. The third-order valence-corrected chi connectivity index (χ3v) is 10.7. The highest BCUT2D eigenvalue weighted by atomic mass is 15.0. The number of hydrogen-bond acceptors (Lipinski definition) is 1. The highest BCUT2D eigenvalue weighted by molar-refractivity contribution is 6.14. The van der Waals surface area contributed by atoms with Crippen molar-refractivity contribution in [2.75, 3.05) is 0 Å². The summed E-state index contributed by atoms with van der Waals surface area (Å²) in [6.45, 7) is 7.66. The molecule has 0 aliphatic heterocycles. The molecule has 0 aliphatic rings. The molecule has 5 nitrogen and oxygen atoms in total. The van der Waals surface area contributed by atoms with Crippen LogP contribution in [-0.2, 0) is 0 Å². The predicted molar refractivity (Wildman–Crippen MR) is 219 cm³/mol. The SMILES string of the molecule is [C-]#[N+]c1ccnc(-c2ccccc2-n2c3ccc(-n4c5ccccc5c5ccccc54)cc3c3cc(-n4c5ccccc5c5ccccc54)ccc32)c1. The molecule has 0 unspecified atom stereocenters. The summed E-state index contributed by atoms with van der Waals surface area (Å²) >= 11 is 0. The number of fused-ring (bicyclic) bond motifs is 9. The van der Waals surface area contributed by atoms with Gasteiger partial charge in [0.05, 0.1) is 51.1 Å². The third kappa shape index (κ3) is 4.27. The zero-order valence-electron chi connectivity index (χ0n) is 28.5. The molecule has 0 saturated heterocycles. The number of pyridine rings is 1. The highest BCUT2D eigenvalue weighted by Gasteiger charge is 2.20. The number of nitrogens with zero attached hydrogens (tertiary/aromatic N) is 5. The summed E-state index contributed by atoms with van der Waals surface area (Å²) < 4.78 is 7.13. The summed E-state index contributed by atoms with van der Waals surface area (Å²) in [4.78, 5) is 8.44. The first-order chi connectivity index (χ1) is 26.3. The van der Waals surface area contributed by atoms with Crippen molar-refractivity contribution in [1.29, 1.82) is 0 Å². The van der Waals surface area contributed by atoms with Crippen LogP contribution in [-0.4, -0.2) is 18.7 Å². The van der Waals surface area contributed by atoms with E-state index < -0.39 is 0 Å². The quantitative estimate of drug-likeness (QED) is 0.171. The molecule has 0 spiro atoms. The molecule has 4 aromatic heterocycles. The second-order valence-corrected chi connectivity index (χ2v) is 13.5. The minimum Gasteiger partial charge on any atom is -0.309 e. The fraction of sp³-hybridized carbons (Fsp3) is 0. The molecule has 53 heavy (non-hydrogen) atoms. The Kier molecular flexibility index (Phi) is 6.25. The van der Waals surface area contributed by atoms with Gasteiger partial charge in [-0.1, -0.05) is 91.0 Å². The number of hydrogen-bond donors (Lipinski definition) is 0. The lowest BCUT2D eigenvalue weighted by atomic mass is 10.1. The molecular formula is C48H29N5. The Labute approximate surface area is 304 Å². The first kappa shape index (κ1) is 29.3. The summed E-state index contributed by atoms with van der Waals surface area (Å²) in [6.07, 6.45) is 1.72. The molecule has 0 radical (unpaired) electrons. The topological polar surface area (TPSA) is 32.0 Å². The molecule has 0 fully saturated rings. The van der Waals surface area contributed by atoms with Gasteiger partial charge < -0.3 is 13.7 Å². The molecule has 11 rings (SSSR count). The molecular weight excluding hydrogens is 647 g/mol. The Balaban J connectivity index is 1.24. The lowest BCUT2D eigenvalue weighted by Crippen LogP contribution is -1.99. The number of rotatable bonds is 4. The highest BCUT2D eigenvalue weighted by Crippen LogP contribution is 2.41. The van der Waals surface area contributed by atoms with E-state index >= 15 is 0 Å². The maximum Gasteiger partial charge on any atom is 0.190 e. The van der Waals surface area contributed by atoms with Gasteiger partial charge in [-0.15, -0.1) is 0 Å². The van der Waals surface area contributed by atoms with Gasteiger partial charge in [0, 0.05) is 55.5 Å². The van der Waals surface area contributed by atoms with Crippen LogP contribution in [0.15, 0.2) is 176 Å². The molecule has 0 aliphatic carbocycles. The van der Waals surface area contributed by atoms with Crippen LogP contribution in [0.1, 0.15) is 0 Å². The molecule has 0 bridgehead atoms. The van der Waals surface area contributed by atoms with Gasteiger partial charge in [0.2, 0.25) is 0 Å². The van der Waals surface area contributed by atoms with E-state index in [9.17, 15) is 0 Å². The molecule has 0 saturated carbocycles. The summed E-state index contributed by atoms with van der Waals surface area (Å²) in [5, 5.41) is 7.26. The fourth-order valence-electron chi connectivity index (χ4n) is 8.46. The van der Waals surface area contributed by atoms with E-state index in [2.05, 4.69) is 170 Å². The predicted octanol–water partition coefficient (Wildman–Crippen LogP) is 12.6. The number of benzene rings is 7. The van der Waals surface area contributed by atoms with E-state index in [1.165, 1.54) is 43.6 Å². The normalized spacial score (nSPS) is 11.8. The van der Waals surface area contributed by atoms with Crippen molar-refractivity contribution < 1.29 is 0 Å². The minimum atomic E-state index is 0.568. The lowest BCUT2D eigenvalue weighted by molar-refractivity contribution is 1.16. The summed E-state index contributed by atoms with van der Waals surface area (Å²) in [5.41, 5.74) is 12.4. The van der Waals surface area contributed by atoms with E-state index in [4.69, 9.17) is 11.6 Å². The van der Waals surface area contributed by atoms with Crippen LogP contribution in [0.4, 0.5) is 5.69 Å². The van der Waals surface area contributed by atoms with E-state index in [1.807, 2.05) is 12.1 Å². The van der Waals surface area contributed by atoms with Crippen molar-refractivity contribution in [3.05, 3.63) is 187 Å². The first-order valence-electron chi connectivity index (χ1n) is 17.8. The number of aromatic nitrogens is 4. The van der Waals surface area contributed by atoms with Gasteiger partial charge in [-0.25, -0.2) is 4.85 Å². The number of para-hydroxylation sites is 5. The molecule has 0 amide bonds.